The zero-order chi connectivity index (χ0) is 15.3. The van der Waals surface area contributed by atoms with Crippen molar-refractivity contribution in [1.82, 2.24) is 5.32 Å². The Labute approximate surface area is 125 Å². The summed E-state index contributed by atoms with van der Waals surface area (Å²) in [6, 6.07) is 0. The summed E-state index contributed by atoms with van der Waals surface area (Å²) in [6.07, 6.45) is 3.95. The molecule has 0 saturated heterocycles. The van der Waals surface area contributed by atoms with E-state index in [0.29, 0.717) is 18.9 Å². The quantitative estimate of drug-likeness (QED) is 0.673. The zero-order valence-corrected chi connectivity index (χ0v) is 13.0. The lowest BCUT2D eigenvalue weighted by molar-refractivity contribution is 0.251. The molecule has 0 radical (unpaired) electrons. The van der Waals surface area contributed by atoms with Crippen LogP contribution in [0.4, 0.5) is 5.69 Å². The number of guanidine groups is 1. The van der Waals surface area contributed by atoms with Gasteiger partial charge in [-0.05, 0) is 32.9 Å². The lowest BCUT2D eigenvalue weighted by Crippen LogP contribution is -2.46. The van der Waals surface area contributed by atoms with Gasteiger partial charge in [-0.3, -0.25) is 5.32 Å². The lowest BCUT2D eigenvalue weighted by atomic mass is 9.77. The van der Waals surface area contributed by atoms with Gasteiger partial charge in [0.1, 0.15) is 5.76 Å². The van der Waals surface area contributed by atoms with Gasteiger partial charge in [0.05, 0.1) is 5.69 Å². The fourth-order valence-corrected chi connectivity index (χ4v) is 3.58. The number of anilines is 1. The predicted molar refractivity (Wildman–Crippen MR) is 84.3 cm³/mol. The molecule has 0 fully saturated rings. The van der Waals surface area contributed by atoms with Crippen LogP contribution in [0.2, 0.25) is 0 Å². The minimum absolute atomic E-state index is 0.0452. The van der Waals surface area contributed by atoms with Crippen molar-refractivity contribution in [2.45, 2.75) is 50.6 Å². The van der Waals surface area contributed by atoms with Gasteiger partial charge < -0.3 is 21.2 Å². The highest BCUT2D eigenvalue weighted by atomic mass is 16.3. The van der Waals surface area contributed by atoms with E-state index in [9.17, 15) is 0 Å². The fraction of sp³-hybridized carbons (Fsp3) is 0.667. The molecule has 116 valence electrons. The zero-order valence-electron chi connectivity index (χ0n) is 13.0. The lowest BCUT2D eigenvalue weighted by Gasteiger charge is -2.32. The fourth-order valence-electron chi connectivity index (χ4n) is 3.58. The number of nitrogens with zero attached hydrogens (tertiary/aromatic N) is 1. The summed E-state index contributed by atoms with van der Waals surface area (Å²) < 4.78 is 6.31. The summed E-state index contributed by atoms with van der Waals surface area (Å²) in [5, 5.41) is 6.47. The maximum atomic E-state index is 6.31. The van der Waals surface area contributed by atoms with Gasteiger partial charge in [-0.1, -0.05) is 13.8 Å². The highest BCUT2D eigenvalue weighted by Gasteiger charge is 2.44. The Morgan fingerprint density at radius 1 is 1.38 bits per heavy atom. The number of hydrogen-bond acceptors (Lipinski definition) is 6. The van der Waals surface area contributed by atoms with Crippen LogP contribution in [0.15, 0.2) is 9.41 Å². The van der Waals surface area contributed by atoms with E-state index < -0.39 is 5.66 Å². The van der Waals surface area contributed by atoms with Crippen LogP contribution >= 0.6 is 0 Å². The van der Waals surface area contributed by atoms with E-state index in [4.69, 9.17) is 15.9 Å². The van der Waals surface area contributed by atoms with Gasteiger partial charge in [-0.25, -0.2) is 4.99 Å². The Morgan fingerprint density at radius 3 is 2.81 bits per heavy atom. The van der Waals surface area contributed by atoms with Gasteiger partial charge in [0, 0.05) is 17.4 Å². The van der Waals surface area contributed by atoms with Crippen molar-refractivity contribution >= 4 is 11.6 Å². The molecule has 0 aromatic carbocycles. The summed E-state index contributed by atoms with van der Waals surface area (Å²) in [5.74, 6) is 2.30. The van der Waals surface area contributed by atoms with Crippen LogP contribution in [0.5, 0.6) is 0 Å². The molecule has 1 aromatic heterocycles. The number of furan rings is 1. The van der Waals surface area contributed by atoms with E-state index in [2.05, 4.69) is 29.5 Å². The molecule has 6 N–H and O–H groups in total. The molecule has 1 unspecified atom stereocenters. The molecular formula is C15H25N5O. The second-order valence-electron chi connectivity index (χ2n) is 6.62. The summed E-state index contributed by atoms with van der Waals surface area (Å²) >= 11 is 0. The molecule has 0 amide bonds. The molecule has 0 saturated carbocycles. The highest BCUT2D eigenvalue weighted by molar-refractivity contribution is 5.96. The smallest absolute Gasteiger partial charge is 0.195 e. The molecule has 1 aliphatic carbocycles. The van der Waals surface area contributed by atoms with Crippen molar-refractivity contribution in [3.8, 4) is 0 Å². The maximum Gasteiger partial charge on any atom is 0.195 e. The van der Waals surface area contributed by atoms with Gasteiger partial charge in [0.2, 0.25) is 0 Å². The number of aliphatic imine (C=N–C) groups is 1. The topological polar surface area (TPSA) is 102 Å². The average molecular weight is 291 g/mol. The molecule has 2 heterocycles. The molecule has 0 bridgehead atoms. The van der Waals surface area contributed by atoms with Gasteiger partial charge in [0.25, 0.3) is 0 Å². The van der Waals surface area contributed by atoms with Crippen molar-refractivity contribution in [1.29, 1.82) is 0 Å². The number of rotatable bonds is 3. The molecule has 6 heteroatoms. The Balaban J connectivity index is 2.19. The van der Waals surface area contributed by atoms with E-state index in [1.165, 1.54) is 5.56 Å². The molecule has 0 spiro atoms. The third-order valence-corrected chi connectivity index (χ3v) is 4.71. The van der Waals surface area contributed by atoms with Crippen molar-refractivity contribution < 1.29 is 4.42 Å². The van der Waals surface area contributed by atoms with E-state index in [1.807, 2.05) is 7.05 Å². The standard InChI is InChI=1S/C15H25N5O/c1-14(2)6-4-5-9-10-12(21-11(9)14)15(18-3,7-8-16)20-13(17)19-10/h18H,4-8,16H2,1-3H3,(H3,17,19,20). The first kappa shape index (κ1) is 14.4. The first-order valence-electron chi connectivity index (χ1n) is 7.61. The van der Waals surface area contributed by atoms with Gasteiger partial charge >= 0.3 is 0 Å². The number of hydrogen-bond donors (Lipinski definition) is 4. The molecule has 21 heavy (non-hydrogen) atoms. The minimum atomic E-state index is -0.660. The van der Waals surface area contributed by atoms with Gasteiger partial charge in [-0.15, -0.1) is 0 Å². The summed E-state index contributed by atoms with van der Waals surface area (Å²) in [4.78, 5) is 4.55. The number of nitrogens with two attached hydrogens (primary N) is 2. The van der Waals surface area contributed by atoms with Crippen LogP contribution < -0.4 is 22.1 Å². The Bertz CT molecular complexity index is 589. The van der Waals surface area contributed by atoms with Gasteiger partial charge in [0.15, 0.2) is 17.4 Å². The predicted octanol–water partition coefficient (Wildman–Crippen LogP) is 1.35. The van der Waals surface area contributed by atoms with Crippen molar-refractivity contribution in [2.24, 2.45) is 16.5 Å². The first-order chi connectivity index (χ1) is 9.93. The Kier molecular flexibility index (Phi) is 3.26. The SMILES string of the molecule is CNC1(CCN)N=C(N)Nc2c1oc1c2CCCC1(C)C. The van der Waals surface area contributed by atoms with Crippen molar-refractivity contribution in [2.75, 3.05) is 18.9 Å². The second kappa shape index (κ2) is 4.74. The van der Waals surface area contributed by atoms with Gasteiger partial charge in [-0.2, -0.15) is 0 Å². The first-order valence-corrected chi connectivity index (χ1v) is 7.61. The molecule has 6 nitrogen and oxygen atoms in total. The normalized spacial score (nSPS) is 26.6. The van der Waals surface area contributed by atoms with E-state index in [1.54, 1.807) is 0 Å². The monoisotopic (exact) mass is 291 g/mol. The Hall–Kier alpha value is -1.53. The molecular weight excluding hydrogens is 266 g/mol. The van der Waals surface area contributed by atoms with E-state index in [0.717, 1.165) is 36.5 Å². The van der Waals surface area contributed by atoms with Crippen LogP contribution in [0.1, 0.15) is 50.2 Å². The number of nitrogens with one attached hydrogen (secondary N) is 2. The van der Waals surface area contributed by atoms with E-state index >= 15 is 0 Å². The van der Waals surface area contributed by atoms with Crippen molar-refractivity contribution in [3.05, 3.63) is 17.1 Å². The molecule has 1 aliphatic heterocycles. The summed E-state index contributed by atoms with van der Waals surface area (Å²) in [5.41, 5.74) is 13.4. The third kappa shape index (κ3) is 2.05. The van der Waals surface area contributed by atoms with E-state index in [-0.39, 0.29) is 5.41 Å². The molecule has 3 rings (SSSR count). The Morgan fingerprint density at radius 2 is 2.14 bits per heavy atom. The molecule has 1 atom stereocenters. The summed E-state index contributed by atoms with van der Waals surface area (Å²) in [7, 11) is 1.87. The second-order valence-corrected chi connectivity index (χ2v) is 6.62. The highest BCUT2D eigenvalue weighted by Crippen LogP contribution is 2.48. The molecule has 1 aromatic rings. The van der Waals surface area contributed by atoms with Crippen LogP contribution in [0, 0.1) is 0 Å². The van der Waals surface area contributed by atoms with Crippen LogP contribution in [-0.4, -0.2) is 19.6 Å². The van der Waals surface area contributed by atoms with Crippen LogP contribution in [0.25, 0.3) is 0 Å². The number of fused-ring (bicyclic) bond motifs is 3. The van der Waals surface area contributed by atoms with Crippen molar-refractivity contribution in [3.63, 3.8) is 0 Å². The molecule has 2 aliphatic rings. The largest absolute Gasteiger partial charge is 0.459 e. The third-order valence-electron chi connectivity index (χ3n) is 4.71. The maximum absolute atomic E-state index is 6.31. The minimum Gasteiger partial charge on any atom is -0.459 e. The average Bonchev–Trinajstić information content (AvgIpc) is 2.80. The summed E-state index contributed by atoms with van der Waals surface area (Å²) in [6.45, 7) is 4.97. The van der Waals surface area contributed by atoms with Crippen LogP contribution in [-0.2, 0) is 17.5 Å². The van der Waals surface area contributed by atoms with Crippen LogP contribution in [0.3, 0.4) is 0 Å².